The summed E-state index contributed by atoms with van der Waals surface area (Å²) in [6.07, 6.45) is 0. The van der Waals surface area contributed by atoms with Crippen molar-refractivity contribution in [2.45, 2.75) is 6.54 Å². The van der Waals surface area contributed by atoms with Gasteiger partial charge in [-0.05, 0) is 46.4 Å². The molecular weight excluding hydrogens is 361 g/mol. The molecule has 2 aromatic carbocycles. The van der Waals surface area contributed by atoms with Crippen LogP contribution in [0.1, 0.15) is 15.9 Å². The molecular formula is C14H11ClINO. The van der Waals surface area contributed by atoms with Gasteiger partial charge in [-0.15, -0.1) is 0 Å². The summed E-state index contributed by atoms with van der Waals surface area (Å²) in [5, 5.41) is 3.53. The van der Waals surface area contributed by atoms with Gasteiger partial charge < -0.3 is 5.32 Å². The van der Waals surface area contributed by atoms with Gasteiger partial charge in [0.1, 0.15) is 0 Å². The maximum Gasteiger partial charge on any atom is 0.252 e. The zero-order valence-corrected chi connectivity index (χ0v) is 12.4. The Bertz CT molecular complexity index is 557. The molecule has 1 N–H and O–H groups in total. The summed E-state index contributed by atoms with van der Waals surface area (Å²) in [6, 6.07) is 15.1. The van der Waals surface area contributed by atoms with E-state index < -0.39 is 0 Å². The minimum Gasteiger partial charge on any atom is -0.348 e. The number of amides is 1. The summed E-state index contributed by atoms with van der Waals surface area (Å²) in [6.45, 7) is 0.526. The minimum atomic E-state index is -0.0834. The number of hydrogen-bond acceptors (Lipinski definition) is 1. The Hall–Kier alpha value is -1.07. The number of hydrogen-bond donors (Lipinski definition) is 1. The lowest BCUT2D eigenvalue weighted by Gasteiger charge is -2.07. The highest BCUT2D eigenvalue weighted by Gasteiger charge is 2.09. The molecule has 0 heterocycles. The van der Waals surface area contributed by atoms with Crippen molar-refractivity contribution in [1.82, 2.24) is 5.32 Å². The van der Waals surface area contributed by atoms with Crippen molar-refractivity contribution in [2.24, 2.45) is 0 Å². The Morgan fingerprint density at radius 3 is 2.56 bits per heavy atom. The van der Waals surface area contributed by atoms with Gasteiger partial charge in [-0.2, -0.15) is 0 Å². The maximum atomic E-state index is 12.0. The predicted molar refractivity (Wildman–Crippen MR) is 81.8 cm³/mol. The Morgan fingerprint density at radius 1 is 1.17 bits per heavy atom. The Kier molecular flexibility index (Phi) is 4.60. The number of nitrogens with one attached hydrogen (secondary N) is 1. The number of benzene rings is 2. The first-order valence-corrected chi connectivity index (χ1v) is 6.89. The zero-order valence-electron chi connectivity index (χ0n) is 9.49. The van der Waals surface area contributed by atoms with Gasteiger partial charge in [0.15, 0.2) is 0 Å². The molecule has 0 saturated carbocycles. The van der Waals surface area contributed by atoms with Gasteiger partial charge in [0.25, 0.3) is 5.91 Å². The van der Waals surface area contributed by atoms with Crippen LogP contribution in [0.4, 0.5) is 0 Å². The highest BCUT2D eigenvalue weighted by atomic mass is 127. The monoisotopic (exact) mass is 371 g/mol. The molecule has 0 aliphatic carbocycles. The molecule has 0 atom stereocenters. The molecule has 1 amide bonds. The first kappa shape index (κ1) is 13.4. The SMILES string of the molecule is O=C(NCc1ccccc1)c1ccc(Cl)cc1I. The number of carbonyl (C=O) groups is 1. The highest BCUT2D eigenvalue weighted by molar-refractivity contribution is 14.1. The first-order valence-electron chi connectivity index (χ1n) is 5.44. The molecule has 0 fully saturated rings. The lowest BCUT2D eigenvalue weighted by atomic mass is 10.2. The Balaban J connectivity index is 2.04. The van der Waals surface area contributed by atoms with Crippen LogP contribution in [-0.2, 0) is 6.54 Å². The summed E-state index contributed by atoms with van der Waals surface area (Å²) >= 11 is 7.97. The standard InChI is InChI=1S/C14H11ClINO/c15-11-6-7-12(13(16)8-11)14(18)17-9-10-4-2-1-3-5-10/h1-8H,9H2,(H,17,18). The van der Waals surface area contributed by atoms with E-state index in [1.807, 2.05) is 30.3 Å². The zero-order chi connectivity index (χ0) is 13.0. The van der Waals surface area contributed by atoms with Gasteiger partial charge in [0, 0.05) is 15.1 Å². The maximum absolute atomic E-state index is 12.0. The third-order valence-electron chi connectivity index (χ3n) is 2.47. The number of rotatable bonds is 3. The second kappa shape index (κ2) is 6.20. The summed E-state index contributed by atoms with van der Waals surface area (Å²) in [5.41, 5.74) is 1.73. The molecule has 2 nitrogen and oxygen atoms in total. The van der Waals surface area contributed by atoms with Crippen LogP contribution in [-0.4, -0.2) is 5.91 Å². The van der Waals surface area contributed by atoms with Crippen LogP contribution in [0.5, 0.6) is 0 Å². The van der Waals surface area contributed by atoms with E-state index in [4.69, 9.17) is 11.6 Å². The van der Waals surface area contributed by atoms with Crippen molar-refractivity contribution in [2.75, 3.05) is 0 Å². The van der Waals surface area contributed by atoms with E-state index in [1.54, 1.807) is 18.2 Å². The fourth-order valence-electron chi connectivity index (χ4n) is 1.55. The molecule has 0 radical (unpaired) electrons. The van der Waals surface area contributed by atoms with Crippen molar-refractivity contribution < 1.29 is 4.79 Å². The predicted octanol–water partition coefficient (Wildman–Crippen LogP) is 3.87. The second-order valence-corrected chi connectivity index (χ2v) is 5.39. The van der Waals surface area contributed by atoms with Crippen molar-refractivity contribution in [3.05, 3.63) is 68.3 Å². The molecule has 92 valence electrons. The summed E-state index contributed by atoms with van der Waals surface area (Å²) < 4.78 is 0.852. The van der Waals surface area contributed by atoms with E-state index in [9.17, 15) is 4.79 Å². The topological polar surface area (TPSA) is 29.1 Å². The smallest absolute Gasteiger partial charge is 0.252 e. The van der Waals surface area contributed by atoms with Gasteiger partial charge >= 0.3 is 0 Å². The second-order valence-electron chi connectivity index (χ2n) is 3.79. The van der Waals surface area contributed by atoms with Crippen LogP contribution in [0.2, 0.25) is 5.02 Å². The van der Waals surface area contributed by atoms with Gasteiger partial charge in [-0.25, -0.2) is 0 Å². The van der Waals surface area contributed by atoms with Gasteiger partial charge in [0.2, 0.25) is 0 Å². The van der Waals surface area contributed by atoms with Crippen LogP contribution < -0.4 is 5.32 Å². The fourth-order valence-corrected chi connectivity index (χ4v) is 2.66. The quantitative estimate of drug-likeness (QED) is 0.815. The van der Waals surface area contributed by atoms with Crippen molar-refractivity contribution in [3.63, 3.8) is 0 Å². The molecule has 0 spiro atoms. The van der Waals surface area contributed by atoms with E-state index in [1.165, 1.54) is 0 Å². The van der Waals surface area contributed by atoms with Crippen LogP contribution in [0.15, 0.2) is 48.5 Å². The molecule has 0 bridgehead atoms. The van der Waals surface area contributed by atoms with Crippen molar-refractivity contribution >= 4 is 40.1 Å². The van der Waals surface area contributed by atoms with Gasteiger partial charge in [-0.3, -0.25) is 4.79 Å². The fraction of sp³-hybridized carbons (Fsp3) is 0.0714. The lowest BCUT2D eigenvalue weighted by molar-refractivity contribution is 0.0950. The van der Waals surface area contributed by atoms with Crippen LogP contribution in [0.3, 0.4) is 0 Å². The normalized spacial score (nSPS) is 10.1. The first-order chi connectivity index (χ1) is 8.66. The summed E-state index contributed by atoms with van der Waals surface area (Å²) in [4.78, 5) is 12.0. The van der Waals surface area contributed by atoms with Gasteiger partial charge in [0.05, 0.1) is 5.56 Å². The van der Waals surface area contributed by atoms with Crippen LogP contribution in [0.25, 0.3) is 0 Å². The minimum absolute atomic E-state index is 0.0834. The van der Waals surface area contributed by atoms with E-state index in [0.29, 0.717) is 17.1 Å². The molecule has 4 heteroatoms. The molecule has 0 aromatic heterocycles. The average molecular weight is 372 g/mol. The molecule has 0 aliphatic rings. The van der Waals surface area contributed by atoms with E-state index in [0.717, 1.165) is 9.13 Å². The average Bonchev–Trinajstić information content (AvgIpc) is 2.37. The lowest BCUT2D eigenvalue weighted by Crippen LogP contribution is -2.23. The third kappa shape index (κ3) is 3.46. The Morgan fingerprint density at radius 2 is 1.89 bits per heavy atom. The highest BCUT2D eigenvalue weighted by Crippen LogP contribution is 2.18. The summed E-state index contributed by atoms with van der Waals surface area (Å²) in [7, 11) is 0. The Labute approximate surface area is 124 Å². The molecule has 2 aromatic rings. The molecule has 2 rings (SSSR count). The number of halogens is 2. The van der Waals surface area contributed by atoms with E-state index in [-0.39, 0.29) is 5.91 Å². The van der Waals surface area contributed by atoms with Crippen molar-refractivity contribution in [1.29, 1.82) is 0 Å². The molecule has 0 saturated heterocycles. The largest absolute Gasteiger partial charge is 0.348 e. The number of carbonyl (C=O) groups excluding carboxylic acids is 1. The van der Waals surface area contributed by atoms with E-state index >= 15 is 0 Å². The molecule has 18 heavy (non-hydrogen) atoms. The molecule has 0 aliphatic heterocycles. The van der Waals surface area contributed by atoms with Crippen molar-refractivity contribution in [3.8, 4) is 0 Å². The van der Waals surface area contributed by atoms with E-state index in [2.05, 4.69) is 27.9 Å². The third-order valence-corrected chi connectivity index (χ3v) is 3.60. The molecule has 0 unspecified atom stereocenters. The van der Waals surface area contributed by atoms with Gasteiger partial charge in [-0.1, -0.05) is 41.9 Å². The summed E-state index contributed by atoms with van der Waals surface area (Å²) in [5.74, 6) is -0.0834. The van der Waals surface area contributed by atoms with Crippen LogP contribution in [0, 0.1) is 3.57 Å². The van der Waals surface area contributed by atoms with Crippen LogP contribution >= 0.6 is 34.2 Å².